The lowest BCUT2D eigenvalue weighted by atomic mass is 10.4. The molecular formula is C16H36S2Si. The third kappa shape index (κ3) is 7.47. The van der Waals surface area contributed by atoms with E-state index >= 15 is 0 Å². The Kier molecular flexibility index (Phi) is 13.3. The first kappa shape index (κ1) is 19.9. The van der Waals surface area contributed by atoms with Crippen molar-refractivity contribution >= 4 is 31.6 Å². The zero-order valence-corrected chi connectivity index (χ0v) is 16.6. The van der Waals surface area contributed by atoms with Crippen molar-refractivity contribution in [2.45, 2.75) is 83.3 Å². The second kappa shape index (κ2) is 12.6. The van der Waals surface area contributed by atoms with E-state index in [2.05, 4.69) is 58.1 Å². The van der Waals surface area contributed by atoms with Gasteiger partial charge in [-0.05, 0) is 24.3 Å². The fraction of sp³-hybridized carbons (Fsp3) is 1.00. The molecule has 0 fully saturated rings. The van der Waals surface area contributed by atoms with Crippen LogP contribution in [0.5, 0.6) is 0 Å². The van der Waals surface area contributed by atoms with Gasteiger partial charge < -0.3 is 0 Å². The molecule has 0 aliphatic heterocycles. The average Bonchev–Trinajstić information content (AvgIpc) is 2.45. The molecule has 0 saturated carbocycles. The number of hydrogen-bond donors (Lipinski definition) is 0. The van der Waals surface area contributed by atoms with E-state index in [-0.39, 0.29) is 0 Å². The van der Waals surface area contributed by atoms with Crippen LogP contribution in [-0.4, -0.2) is 30.2 Å². The van der Waals surface area contributed by atoms with Gasteiger partial charge in [0.05, 0.1) is 8.07 Å². The van der Waals surface area contributed by atoms with E-state index in [4.69, 9.17) is 0 Å². The van der Waals surface area contributed by atoms with Crippen LogP contribution in [0.25, 0.3) is 0 Å². The number of rotatable bonds is 13. The summed E-state index contributed by atoms with van der Waals surface area (Å²) in [5.41, 5.74) is 0. The van der Waals surface area contributed by atoms with E-state index in [0.29, 0.717) is 0 Å². The third-order valence-corrected chi connectivity index (χ3v) is 15.1. The van der Waals surface area contributed by atoms with Crippen LogP contribution in [0.2, 0.25) is 18.1 Å². The number of thioether (sulfide) groups is 2. The molecule has 0 radical (unpaired) electrons. The van der Waals surface area contributed by atoms with E-state index in [9.17, 15) is 0 Å². The summed E-state index contributed by atoms with van der Waals surface area (Å²) in [7, 11) is -1.01. The molecule has 0 aromatic rings. The zero-order valence-electron chi connectivity index (χ0n) is 14.0. The number of hydrogen-bond acceptors (Lipinski definition) is 2. The summed E-state index contributed by atoms with van der Waals surface area (Å²) >= 11 is 4.56. The lowest BCUT2D eigenvalue weighted by Gasteiger charge is -2.37. The van der Waals surface area contributed by atoms with Crippen LogP contribution < -0.4 is 0 Å². The molecular weight excluding hydrogens is 284 g/mol. The first-order valence-electron chi connectivity index (χ1n) is 8.39. The third-order valence-electron chi connectivity index (χ3n) is 4.52. The maximum atomic E-state index is 2.46. The normalized spacial score (nSPS) is 13.7. The molecule has 0 heterocycles. The van der Waals surface area contributed by atoms with Crippen LogP contribution in [0.15, 0.2) is 0 Å². The van der Waals surface area contributed by atoms with Crippen LogP contribution >= 0.6 is 23.5 Å². The Morgan fingerprint density at radius 2 is 1.32 bits per heavy atom. The van der Waals surface area contributed by atoms with Crippen LogP contribution in [0.4, 0.5) is 0 Å². The van der Waals surface area contributed by atoms with Crippen LogP contribution in [0.1, 0.15) is 60.3 Å². The lowest BCUT2D eigenvalue weighted by molar-refractivity contribution is 0.893. The summed E-state index contributed by atoms with van der Waals surface area (Å²) in [6.07, 6.45) is 5.50. The van der Waals surface area contributed by atoms with Gasteiger partial charge in [-0.15, -0.1) is 0 Å². The maximum absolute atomic E-state index is 2.46. The quantitative estimate of drug-likeness (QED) is 0.282. The van der Waals surface area contributed by atoms with Crippen molar-refractivity contribution in [2.75, 3.05) is 17.3 Å². The Labute approximate surface area is 132 Å². The Bertz CT molecular complexity index is 185. The Balaban J connectivity index is 4.43. The SMILES string of the molecule is CCCCSCC(SCCCC)[Si](CC)(CC)CC. The predicted molar refractivity (Wildman–Crippen MR) is 101 cm³/mol. The summed E-state index contributed by atoms with van der Waals surface area (Å²) in [6, 6.07) is 4.45. The fourth-order valence-corrected chi connectivity index (χ4v) is 12.8. The van der Waals surface area contributed by atoms with Crippen molar-refractivity contribution in [3.63, 3.8) is 0 Å². The highest BCUT2D eigenvalue weighted by molar-refractivity contribution is 8.04. The summed E-state index contributed by atoms with van der Waals surface area (Å²) in [5.74, 6) is 4.20. The fourth-order valence-electron chi connectivity index (χ4n) is 2.64. The molecule has 0 aliphatic carbocycles. The molecule has 0 amide bonds. The first-order chi connectivity index (χ1) is 9.20. The van der Waals surface area contributed by atoms with Crippen LogP contribution in [0.3, 0.4) is 0 Å². The van der Waals surface area contributed by atoms with Crippen molar-refractivity contribution in [2.24, 2.45) is 0 Å². The van der Waals surface area contributed by atoms with Gasteiger partial charge in [0.25, 0.3) is 0 Å². The van der Waals surface area contributed by atoms with Gasteiger partial charge in [-0.2, -0.15) is 23.5 Å². The van der Waals surface area contributed by atoms with Gasteiger partial charge in [-0.25, -0.2) is 0 Å². The lowest BCUT2D eigenvalue weighted by Crippen LogP contribution is -2.45. The van der Waals surface area contributed by atoms with Gasteiger partial charge in [-0.3, -0.25) is 0 Å². The summed E-state index contributed by atoms with van der Waals surface area (Å²) in [6.45, 7) is 12.0. The highest BCUT2D eigenvalue weighted by atomic mass is 32.2. The second-order valence-corrected chi connectivity index (χ2v) is 14.0. The molecule has 0 aromatic carbocycles. The summed E-state index contributed by atoms with van der Waals surface area (Å²) in [4.78, 5) is 1.00. The Hall–Kier alpha value is 0.917. The minimum absolute atomic E-state index is 1.00. The second-order valence-electron chi connectivity index (χ2n) is 5.56. The molecule has 0 bridgehead atoms. The summed E-state index contributed by atoms with van der Waals surface area (Å²) < 4.78 is 0. The highest BCUT2D eigenvalue weighted by Crippen LogP contribution is 2.35. The van der Waals surface area contributed by atoms with E-state index in [0.717, 1.165) is 4.87 Å². The van der Waals surface area contributed by atoms with E-state index in [1.807, 2.05) is 0 Å². The molecule has 19 heavy (non-hydrogen) atoms. The van der Waals surface area contributed by atoms with Gasteiger partial charge >= 0.3 is 0 Å². The minimum atomic E-state index is -1.01. The molecule has 1 atom stereocenters. The molecule has 0 aromatic heterocycles. The van der Waals surface area contributed by atoms with Crippen molar-refractivity contribution in [3.05, 3.63) is 0 Å². The number of unbranched alkanes of at least 4 members (excludes halogenated alkanes) is 2. The van der Waals surface area contributed by atoms with E-state index in [1.54, 1.807) is 0 Å². The maximum Gasteiger partial charge on any atom is 0.0681 e. The average molecular weight is 321 g/mol. The standard InChI is InChI=1S/C16H36S2Si/c1-6-11-13-17-15-16(18-14-12-7-2)19(8-3,9-4)10-5/h16H,6-15H2,1-5H3. The molecule has 1 unspecified atom stereocenters. The Morgan fingerprint density at radius 3 is 1.79 bits per heavy atom. The molecule has 0 rings (SSSR count). The zero-order chi connectivity index (χ0) is 14.6. The first-order valence-corrected chi connectivity index (χ1v) is 13.3. The van der Waals surface area contributed by atoms with Crippen molar-refractivity contribution in [1.29, 1.82) is 0 Å². The molecule has 3 heteroatoms. The minimum Gasteiger partial charge on any atom is -0.161 e. The van der Waals surface area contributed by atoms with Gasteiger partial charge in [0.1, 0.15) is 0 Å². The van der Waals surface area contributed by atoms with Crippen molar-refractivity contribution in [3.8, 4) is 0 Å². The molecule has 0 spiro atoms. The molecule has 116 valence electrons. The largest absolute Gasteiger partial charge is 0.161 e. The van der Waals surface area contributed by atoms with E-state index in [1.165, 1.54) is 61.1 Å². The van der Waals surface area contributed by atoms with Crippen LogP contribution in [-0.2, 0) is 0 Å². The highest BCUT2D eigenvalue weighted by Gasteiger charge is 2.36. The van der Waals surface area contributed by atoms with Gasteiger partial charge in [0.15, 0.2) is 0 Å². The topological polar surface area (TPSA) is 0 Å². The molecule has 0 N–H and O–H groups in total. The van der Waals surface area contributed by atoms with Gasteiger partial charge in [0, 0.05) is 10.6 Å². The van der Waals surface area contributed by atoms with Crippen molar-refractivity contribution < 1.29 is 0 Å². The molecule has 0 aliphatic rings. The summed E-state index contributed by atoms with van der Waals surface area (Å²) in [5, 5.41) is 0. The molecule has 0 nitrogen and oxygen atoms in total. The smallest absolute Gasteiger partial charge is 0.0681 e. The van der Waals surface area contributed by atoms with Crippen molar-refractivity contribution in [1.82, 2.24) is 0 Å². The monoisotopic (exact) mass is 320 g/mol. The predicted octanol–water partition coefficient (Wildman–Crippen LogP) is 6.47. The van der Waals surface area contributed by atoms with Gasteiger partial charge in [-0.1, -0.05) is 65.6 Å². The van der Waals surface area contributed by atoms with E-state index < -0.39 is 8.07 Å². The van der Waals surface area contributed by atoms with Gasteiger partial charge in [0.2, 0.25) is 0 Å². The van der Waals surface area contributed by atoms with Crippen LogP contribution in [0, 0.1) is 0 Å². The molecule has 0 saturated heterocycles. The Morgan fingerprint density at radius 1 is 0.789 bits per heavy atom.